The highest BCUT2D eigenvalue weighted by Crippen LogP contribution is 2.13. The van der Waals surface area contributed by atoms with Gasteiger partial charge in [-0.05, 0) is 116 Å². The lowest BCUT2D eigenvalue weighted by molar-refractivity contribution is -0.167. The van der Waals surface area contributed by atoms with Crippen molar-refractivity contribution in [2.75, 3.05) is 13.2 Å². The van der Waals surface area contributed by atoms with Crippen LogP contribution in [0.5, 0.6) is 0 Å². The van der Waals surface area contributed by atoms with Gasteiger partial charge in [0.05, 0.1) is 0 Å². The number of hydrogen-bond acceptors (Lipinski definition) is 6. The van der Waals surface area contributed by atoms with Crippen molar-refractivity contribution in [3.05, 3.63) is 134 Å². The molecule has 0 aliphatic rings. The molecule has 0 radical (unpaired) electrons. The van der Waals surface area contributed by atoms with Crippen LogP contribution in [0.3, 0.4) is 0 Å². The van der Waals surface area contributed by atoms with Gasteiger partial charge in [-0.3, -0.25) is 14.4 Å². The van der Waals surface area contributed by atoms with E-state index in [1.54, 1.807) is 0 Å². The summed E-state index contributed by atoms with van der Waals surface area (Å²) in [6, 6.07) is 0. The summed E-state index contributed by atoms with van der Waals surface area (Å²) in [6.07, 6.45) is 71.5. The van der Waals surface area contributed by atoms with Crippen LogP contribution in [-0.4, -0.2) is 37.2 Å². The minimum absolute atomic E-state index is 0.118. The minimum Gasteiger partial charge on any atom is -0.462 e. The van der Waals surface area contributed by atoms with Crippen molar-refractivity contribution in [1.29, 1.82) is 0 Å². The molecule has 0 saturated carbocycles. The first-order valence-corrected chi connectivity index (χ1v) is 25.2. The highest BCUT2D eigenvalue weighted by molar-refractivity contribution is 5.71. The van der Waals surface area contributed by atoms with E-state index in [0.29, 0.717) is 25.7 Å². The Kier molecular flexibility index (Phi) is 47.6. The third-order valence-corrected chi connectivity index (χ3v) is 9.94. The first-order chi connectivity index (χ1) is 31.5. The van der Waals surface area contributed by atoms with Crippen molar-refractivity contribution in [1.82, 2.24) is 0 Å². The quantitative estimate of drug-likeness (QED) is 0.0200. The molecule has 358 valence electrons. The van der Waals surface area contributed by atoms with Gasteiger partial charge in [0.2, 0.25) is 0 Å². The standard InChI is InChI=1S/C58H90O6/c1-4-7-10-13-16-19-22-25-27-28-29-30-32-33-36-39-42-45-48-51-57(60)63-54-55(53-62-56(59)50-47-44-41-38-35-24-21-18-15-12-9-6-3)64-58(61)52-49-46-43-40-37-34-31-26-23-20-17-14-11-8-5-2/h7-12,14,16-21,23,25,27,29-30,33,35-36,38,55H,4-6,13,15,22,24,26,28,31-32,34,37,39-54H2,1-3H3/b10-7-,11-8-,12-9-,17-14-,19-16-,21-18-,23-20-,27-25-,30-29-,36-33-,38-35-. The van der Waals surface area contributed by atoms with Gasteiger partial charge in [-0.25, -0.2) is 0 Å². The highest BCUT2D eigenvalue weighted by atomic mass is 16.6. The topological polar surface area (TPSA) is 78.9 Å². The summed E-state index contributed by atoms with van der Waals surface area (Å²) in [5, 5.41) is 0. The molecule has 6 heteroatoms. The van der Waals surface area contributed by atoms with E-state index in [9.17, 15) is 14.4 Å². The van der Waals surface area contributed by atoms with Crippen molar-refractivity contribution in [2.24, 2.45) is 0 Å². The Bertz CT molecular complexity index is 1430. The van der Waals surface area contributed by atoms with Crippen molar-refractivity contribution in [3.63, 3.8) is 0 Å². The molecule has 0 saturated heterocycles. The van der Waals surface area contributed by atoms with E-state index < -0.39 is 6.10 Å². The maximum absolute atomic E-state index is 12.8. The SMILES string of the molecule is CC\C=C/C=C\C=C/CCCCCCCCCC(=O)OC(COC(=O)CCCC/C=C\C/C=C\C/C=C\CC)COC(=O)CCCCC/C=C\C/C=C\C/C=C\C/C=C\C/C=C\CC. The molecule has 0 aliphatic carbocycles. The van der Waals surface area contributed by atoms with Gasteiger partial charge in [0.1, 0.15) is 13.2 Å². The second-order valence-corrected chi connectivity index (χ2v) is 16.0. The third-order valence-electron chi connectivity index (χ3n) is 9.94. The summed E-state index contributed by atoms with van der Waals surface area (Å²) in [5.41, 5.74) is 0. The van der Waals surface area contributed by atoms with E-state index in [4.69, 9.17) is 14.2 Å². The van der Waals surface area contributed by atoms with Crippen LogP contribution in [0.1, 0.15) is 194 Å². The number of hydrogen-bond donors (Lipinski definition) is 0. The Morgan fingerprint density at radius 2 is 0.641 bits per heavy atom. The van der Waals surface area contributed by atoms with Crippen LogP contribution >= 0.6 is 0 Å². The van der Waals surface area contributed by atoms with Crippen molar-refractivity contribution >= 4 is 17.9 Å². The van der Waals surface area contributed by atoms with Crippen LogP contribution in [0.2, 0.25) is 0 Å². The highest BCUT2D eigenvalue weighted by Gasteiger charge is 2.19. The van der Waals surface area contributed by atoms with Gasteiger partial charge in [0.25, 0.3) is 0 Å². The average molecular weight is 883 g/mol. The lowest BCUT2D eigenvalue weighted by Crippen LogP contribution is -2.30. The van der Waals surface area contributed by atoms with E-state index in [-0.39, 0.29) is 31.1 Å². The maximum Gasteiger partial charge on any atom is 0.306 e. The van der Waals surface area contributed by atoms with E-state index in [1.165, 1.54) is 19.3 Å². The summed E-state index contributed by atoms with van der Waals surface area (Å²) < 4.78 is 16.7. The zero-order chi connectivity index (χ0) is 46.5. The van der Waals surface area contributed by atoms with E-state index >= 15 is 0 Å². The molecule has 0 amide bonds. The summed E-state index contributed by atoms with van der Waals surface area (Å²) in [6.45, 7) is 6.18. The Balaban J connectivity index is 4.52. The fourth-order valence-electron chi connectivity index (χ4n) is 6.25. The normalized spacial score (nSPS) is 13.2. The van der Waals surface area contributed by atoms with E-state index in [1.807, 2.05) is 0 Å². The molecule has 0 rings (SSSR count). The number of carbonyl (C=O) groups is 3. The van der Waals surface area contributed by atoms with Crippen LogP contribution < -0.4 is 0 Å². The van der Waals surface area contributed by atoms with Gasteiger partial charge in [0.15, 0.2) is 6.10 Å². The average Bonchev–Trinajstić information content (AvgIpc) is 3.29. The largest absolute Gasteiger partial charge is 0.462 e. The zero-order valence-electron chi connectivity index (χ0n) is 40.7. The number of allylic oxidation sites excluding steroid dienone is 22. The number of esters is 3. The second-order valence-electron chi connectivity index (χ2n) is 16.0. The summed E-state index contributed by atoms with van der Waals surface area (Å²) >= 11 is 0. The predicted octanol–water partition coefficient (Wildman–Crippen LogP) is 16.7. The Morgan fingerprint density at radius 3 is 1.09 bits per heavy atom. The maximum atomic E-state index is 12.8. The molecule has 0 bridgehead atoms. The van der Waals surface area contributed by atoms with Gasteiger partial charge >= 0.3 is 17.9 Å². The smallest absolute Gasteiger partial charge is 0.306 e. The number of carbonyl (C=O) groups excluding carboxylic acids is 3. The van der Waals surface area contributed by atoms with E-state index in [0.717, 1.165) is 128 Å². The van der Waals surface area contributed by atoms with Gasteiger partial charge < -0.3 is 14.2 Å². The van der Waals surface area contributed by atoms with Crippen LogP contribution in [0.25, 0.3) is 0 Å². The molecule has 0 N–H and O–H groups in total. The molecule has 0 aromatic carbocycles. The molecule has 64 heavy (non-hydrogen) atoms. The Morgan fingerprint density at radius 1 is 0.328 bits per heavy atom. The summed E-state index contributed by atoms with van der Waals surface area (Å²) in [7, 11) is 0. The van der Waals surface area contributed by atoms with Gasteiger partial charge in [0, 0.05) is 19.3 Å². The fraction of sp³-hybridized carbons (Fsp3) is 0.569. The number of unbranched alkanes of at least 4 members (excludes halogenated alkanes) is 12. The van der Waals surface area contributed by atoms with Gasteiger partial charge in [-0.15, -0.1) is 0 Å². The van der Waals surface area contributed by atoms with Gasteiger partial charge in [-0.1, -0.05) is 193 Å². The number of rotatable bonds is 43. The van der Waals surface area contributed by atoms with Crippen molar-refractivity contribution in [3.8, 4) is 0 Å². The molecule has 1 unspecified atom stereocenters. The molecular weight excluding hydrogens is 793 g/mol. The molecule has 0 fully saturated rings. The summed E-state index contributed by atoms with van der Waals surface area (Å²) in [5.74, 6) is -1.01. The van der Waals surface area contributed by atoms with E-state index in [2.05, 4.69) is 154 Å². The molecular formula is C58H90O6. The summed E-state index contributed by atoms with van der Waals surface area (Å²) in [4.78, 5) is 37.9. The molecule has 0 spiro atoms. The molecule has 6 nitrogen and oxygen atoms in total. The monoisotopic (exact) mass is 883 g/mol. The molecule has 0 aromatic rings. The molecule has 0 aromatic heterocycles. The molecule has 0 heterocycles. The Hall–Kier alpha value is -4.45. The van der Waals surface area contributed by atoms with Gasteiger partial charge in [-0.2, -0.15) is 0 Å². The number of ether oxygens (including phenoxy) is 3. The lowest BCUT2D eigenvalue weighted by Gasteiger charge is -2.18. The minimum atomic E-state index is -0.818. The zero-order valence-corrected chi connectivity index (χ0v) is 40.7. The second kappa shape index (κ2) is 51.2. The van der Waals surface area contributed by atoms with Crippen LogP contribution in [0.15, 0.2) is 134 Å². The van der Waals surface area contributed by atoms with Crippen LogP contribution in [0.4, 0.5) is 0 Å². The van der Waals surface area contributed by atoms with Crippen molar-refractivity contribution < 1.29 is 28.6 Å². The lowest BCUT2D eigenvalue weighted by atomic mass is 10.1. The molecule has 1 atom stereocenters. The Labute approximate surface area is 392 Å². The first-order valence-electron chi connectivity index (χ1n) is 25.2. The third kappa shape index (κ3) is 48.6. The van der Waals surface area contributed by atoms with Crippen LogP contribution in [0, 0.1) is 0 Å². The molecule has 0 aliphatic heterocycles. The van der Waals surface area contributed by atoms with Crippen molar-refractivity contribution in [2.45, 2.75) is 200 Å². The first kappa shape index (κ1) is 59.5. The van der Waals surface area contributed by atoms with Crippen LogP contribution in [-0.2, 0) is 28.6 Å². The predicted molar refractivity (Wildman–Crippen MR) is 274 cm³/mol. The fourth-order valence-corrected chi connectivity index (χ4v) is 6.25.